The Morgan fingerprint density at radius 1 is 1.30 bits per heavy atom. The number of nitrogens with two attached hydrogens (primary N) is 2. The number of amides is 2. The SMILES string of the molecule is CC(C)(O/N=C(\C(=O)N[C@@H]1C(=O)N2C(C(=O)O)=C(C[n+]3ccc(NCC[C@H](N)CO)cc3)CS[C@H]12)c1nsc(N)n1)C(=O)O. The van der Waals surface area contributed by atoms with Crippen molar-refractivity contribution in [3.8, 4) is 0 Å². The maximum absolute atomic E-state index is 13.2. The lowest BCUT2D eigenvalue weighted by molar-refractivity contribution is -0.688. The molecule has 9 N–H and O–H groups in total. The van der Waals surface area contributed by atoms with Gasteiger partial charge in [0, 0.05) is 53.3 Å². The number of aliphatic hydroxyl groups is 1. The first-order valence-electron chi connectivity index (χ1n) is 13.2. The van der Waals surface area contributed by atoms with E-state index < -0.39 is 46.5 Å². The number of aromatic nitrogens is 3. The summed E-state index contributed by atoms with van der Waals surface area (Å²) in [6, 6.07) is 2.22. The van der Waals surface area contributed by atoms with Gasteiger partial charge in [0.15, 0.2) is 24.1 Å². The van der Waals surface area contributed by atoms with Crippen molar-refractivity contribution in [3.05, 3.63) is 41.6 Å². The van der Waals surface area contributed by atoms with Gasteiger partial charge in [0.25, 0.3) is 11.8 Å². The maximum atomic E-state index is 13.2. The van der Waals surface area contributed by atoms with Gasteiger partial charge in [-0.25, -0.2) is 14.2 Å². The van der Waals surface area contributed by atoms with Gasteiger partial charge in [0.1, 0.15) is 17.1 Å². The lowest BCUT2D eigenvalue weighted by Crippen LogP contribution is -2.71. The van der Waals surface area contributed by atoms with E-state index in [4.69, 9.17) is 21.4 Å². The molecule has 2 amide bonds. The molecule has 236 valence electrons. The summed E-state index contributed by atoms with van der Waals surface area (Å²) in [4.78, 5) is 60.2. The first-order chi connectivity index (χ1) is 20.8. The van der Waals surface area contributed by atoms with Crippen molar-refractivity contribution >= 4 is 63.6 Å². The summed E-state index contributed by atoms with van der Waals surface area (Å²) in [6.07, 6.45) is 4.13. The average molecular weight is 651 g/mol. The highest BCUT2D eigenvalue weighted by Gasteiger charge is 2.55. The number of fused-ring (bicyclic) bond motifs is 1. The van der Waals surface area contributed by atoms with Crippen LogP contribution in [0.5, 0.6) is 0 Å². The van der Waals surface area contributed by atoms with Crippen molar-refractivity contribution in [1.82, 2.24) is 19.6 Å². The molecular weight excluding hydrogens is 618 g/mol. The second-order valence-electron chi connectivity index (χ2n) is 10.3. The molecule has 44 heavy (non-hydrogen) atoms. The summed E-state index contributed by atoms with van der Waals surface area (Å²) >= 11 is 2.05. The van der Waals surface area contributed by atoms with Crippen LogP contribution < -0.4 is 26.7 Å². The highest BCUT2D eigenvalue weighted by Crippen LogP contribution is 2.40. The van der Waals surface area contributed by atoms with Crippen LogP contribution in [-0.2, 0) is 30.6 Å². The first kappa shape index (κ1) is 32.6. The largest absolute Gasteiger partial charge is 0.478 e. The zero-order chi connectivity index (χ0) is 32.2. The predicted octanol–water partition coefficient (Wildman–Crippen LogP) is -1.45. The van der Waals surface area contributed by atoms with Crippen LogP contribution in [0.3, 0.4) is 0 Å². The number of anilines is 2. The number of rotatable bonds is 14. The highest BCUT2D eigenvalue weighted by molar-refractivity contribution is 8.00. The molecule has 2 aliphatic heterocycles. The fraction of sp³-hybridized carbons (Fsp3) is 0.440. The van der Waals surface area contributed by atoms with Crippen LogP contribution in [-0.4, -0.2) is 101 Å². The molecule has 0 saturated carbocycles. The Kier molecular flexibility index (Phi) is 10.0. The van der Waals surface area contributed by atoms with E-state index in [9.17, 15) is 29.4 Å². The number of oxime groups is 1. The monoisotopic (exact) mass is 650 g/mol. The fourth-order valence-electron chi connectivity index (χ4n) is 4.12. The normalized spacial score (nSPS) is 19.1. The van der Waals surface area contributed by atoms with Gasteiger partial charge in [-0.15, -0.1) is 11.8 Å². The molecule has 1 fully saturated rings. The molecule has 2 aliphatic rings. The van der Waals surface area contributed by atoms with Crippen LogP contribution in [0.1, 0.15) is 26.1 Å². The summed E-state index contributed by atoms with van der Waals surface area (Å²) in [5.41, 5.74) is 10.2. The van der Waals surface area contributed by atoms with E-state index in [1.807, 2.05) is 12.1 Å². The van der Waals surface area contributed by atoms with Crippen molar-refractivity contribution in [2.45, 2.75) is 49.9 Å². The van der Waals surface area contributed by atoms with Gasteiger partial charge < -0.3 is 42.3 Å². The van der Waals surface area contributed by atoms with Crippen molar-refractivity contribution in [2.24, 2.45) is 10.9 Å². The molecule has 19 heteroatoms. The predicted molar refractivity (Wildman–Crippen MR) is 158 cm³/mol. The number of aliphatic hydroxyl groups excluding tert-OH is 1. The van der Waals surface area contributed by atoms with E-state index >= 15 is 0 Å². The summed E-state index contributed by atoms with van der Waals surface area (Å²) in [5.74, 6) is -4.16. The molecule has 0 unspecified atom stereocenters. The van der Waals surface area contributed by atoms with Gasteiger partial charge >= 0.3 is 11.9 Å². The third kappa shape index (κ3) is 7.24. The molecule has 1 saturated heterocycles. The number of β-lactam (4-membered cyclic amide) rings is 1. The fourth-order valence-corrected chi connectivity index (χ4v) is 5.89. The summed E-state index contributed by atoms with van der Waals surface area (Å²) in [6.45, 7) is 3.13. The van der Waals surface area contributed by atoms with Crippen molar-refractivity contribution in [3.63, 3.8) is 0 Å². The van der Waals surface area contributed by atoms with Crippen LogP contribution in [0.2, 0.25) is 0 Å². The number of aliphatic carboxylic acids is 2. The van der Waals surface area contributed by atoms with Crippen molar-refractivity contribution in [1.29, 1.82) is 0 Å². The van der Waals surface area contributed by atoms with Gasteiger partial charge in [-0.3, -0.25) is 14.5 Å². The van der Waals surface area contributed by atoms with Crippen molar-refractivity contribution in [2.75, 3.05) is 30.0 Å². The zero-order valence-electron chi connectivity index (χ0n) is 23.7. The molecule has 17 nitrogen and oxygen atoms in total. The Bertz CT molecular complexity index is 1490. The Labute approximate surface area is 259 Å². The summed E-state index contributed by atoms with van der Waals surface area (Å²) < 4.78 is 5.71. The number of thioether (sulfide) groups is 1. The van der Waals surface area contributed by atoms with E-state index in [0.29, 0.717) is 18.5 Å². The minimum absolute atomic E-state index is 0.0158. The summed E-state index contributed by atoms with van der Waals surface area (Å²) in [7, 11) is 0. The number of nitrogens with zero attached hydrogens (tertiary/aromatic N) is 5. The molecule has 0 spiro atoms. The molecular formula is C25H32N9O8S2+. The van der Waals surface area contributed by atoms with Crippen LogP contribution in [0, 0.1) is 0 Å². The van der Waals surface area contributed by atoms with Crippen molar-refractivity contribution < 1.29 is 43.9 Å². The van der Waals surface area contributed by atoms with E-state index in [-0.39, 0.29) is 41.6 Å². The van der Waals surface area contributed by atoms with Crippen LogP contribution in [0.15, 0.2) is 41.0 Å². The topological polar surface area (TPSA) is 260 Å². The third-order valence-electron chi connectivity index (χ3n) is 6.63. The van der Waals surface area contributed by atoms with E-state index in [0.717, 1.165) is 22.1 Å². The number of carbonyl (C=O) groups excluding carboxylic acids is 2. The molecule has 0 aromatic carbocycles. The summed E-state index contributed by atoms with van der Waals surface area (Å²) in [5, 5.41) is 37.1. The number of carboxylic acid groups (broad SMARTS) is 2. The minimum atomic E-state index is -1.80. The number of pyridine rings is 1. The molecule has 2 aromatic rings. The number of hydrogen-bond donors (Lipinski definition) is 7. The first-order valence-corrected chi connectivity index (χ1v) is 15.0. The average Bonchev–Trinajstić information content (AvgIpc) is 3.41. The quantitative estimate of drug-likeness (QED) is 0.0534. The van der Waals surface area contributed by atoms with Crippen LogP contribution in [0.4, 0.5) is 10.8 Å². The molecule has 3 atom stereocenters. The second kappa shape index (κ2) is 13.5. The lowest BCUT2D eigenvalue weighted by atomic mass is 10.0. The third-order valence-corrected chi connectivity index (χ3v) is 8.51. The lowest BCUT2D eigenvalue weighted by Gasteiger charge is -2.49. The number of carboxylic acids is 2. The Hall–Kier alpha value is -4.33. The number of hydrogen-bond acceptors (Lipinski definition) is 14. The molecule has 0 aliphatic carbocycles. The molecule has 0 bridgehead atoms. The van der Waals surface area contributed by atoms with Gasteiger partial charge in [-0.05, 0) is 20.3 Å². The molecule has 0 radical (unpaired) electrons. The van der Waals surface area contributed by atoms with E-state index in [2.05, 4.69) is 25.1 Å². The van der Waals surface area contributed by atoms with Gasteiger partial charge in [0.05, 0.1) is 6.61 Å². The smallest absolute Gasteiger partial charge is 0.352 e. The molecule has 4 rings (SSSR count). The van der Waals surface area contributed by atoms with E-state index in [1.54, 1.807) is 17.0 Å². The Morgan fingerprint density at radius 2 is 2.00 bits per heavy atom. The number of carbonyl (C=O) groups is 4. The Morgan fingerprint density at radius 3 is 2.59 bits per heavy atom. The number of nitrogens with one attached hydrogen (secondary N) is 2. The standard InChI is InChI=1S/C25H31N9O8S2/c1-25(2,23(40)41)42-31-15(18-30-24(27)44-32-18)19(36)29-16-20(37)34-17(22(38)39)12(11-43-21(16)34)9-33-7-4-14(5-8-33)28-6-3-13(26)10-35/h4-5,7-8,13,16,21,35H,3,6,9-11,26H2,1-2H3,(H5,27,29,30,32,36,38,39,40,41)/p+1/b31-15-/t13-,16+,21+/m0/s1. The molecule has 4 heterocycles. The number of nitrogen functional groups attached to an aromatic ring is 1. The van der Waals surface area contributed by atoms with Gasteiger partial charge in [-0.2, -0.15) is 9.36 Å². The second-order valence-corrected chi connectivity index (χ2v) is 12.2. The molecule has 2 aromatic heterocycles. The maximum Gasteiger partial charge on any atom is 0.352 e. The van der Waals surface area contributed by atoms with Crippen LogP contribution in [0.25, 0.3) is 0 Å². The zero-order valence-corrected chi connectivity index (χ0v) is 25.3. The minimum Gasteiger partial charge on any atom is -0.478 e. The highest BCUT2D eigenvalue weighted by atomic mass is 32.2. The van der Waals surface area contributed by atoms with Gasteiger partial charge in [-0.1, -0.05) is 5.16 Å². The van der Waals surface area contributed by atoms with E-state index in [1.165, 1.54) is 25.6 Å². The van der Waals surface area contributed by atoms with Crippen LogP contribution >= 0.6 is 23.3 Å². The van der Waals surface area contributed by atoms with Gasteiger partial charge in [0.2, 0.25) is 17.1 Å². The Balaban J connectivity index is 1.47.